The zero-order valence-corrected chi connectivity index (χ0v) is 16.6. The standard InChI is InChI=1S/C17H19Cl2N3O4S/c18-15-7-2-12(10-16(15)19)11-22(8-1-9-23)17(24)21-13-3-5-14(6-4-13)27(20,25)26/h2-7,10,23H,1,8-9,11H2,(H,21,24)(H2,20,25,26). The molecule has 0 radical (unpaired) electrons. The summed E-state index contributed by atoms with van der Waals surface area (Å²) in [5.74, 6) is 0. The number of benzene rings is 2. The highest BCUT2D eigenvalue weighted by Gasteiger charge is 2.15. The van der Waals surface area contributed by atoms with E-state index in [9.17, 15) is 13.2 Å². The third kappa shape index (κ3) is 6.37. The van der Waals surface area contributed by atoms with E-state index in [0.29, 0.717) is 28.7 Å². The fourth-order valence-electron chi connectivity index (χ4n) is 2.30. The van der Waals surface area contributed by atoms with Crippen molar-refractivity contribution < 1.29 is 18.3 Å². The van der Waals surface area contributed by atoms with Gasteiger partial charge in [0.1, 0.15) is 0 Å². The lowest BCUT2D eigenvalue weighted by Crippen LogP contribution is -2.35. The van der Waals surface area contributed by atoms with Gasteiger partial charge in [0.2, 0.25) is 10.0 Å². The summed E-state index contributed by atoms with van der Waals surface area (Å²) in [4.78, 5) is 14.0. The maximum Gasteiger partial charge on any atom is 0.322 e. The van der Waals surface area contributed by atoms with E-state index in [1.54, 1.807) is 18.2 Å². The van der Waals surface area contributed by atoms with Crippen molar-refractivity contribution in [3.05, 3.63) is 58.1 Å². The number of halogens is 2. The molecule has 0 unspecified atom stereocenters. The van der Waals surface area contributed by atoms with Crippen LogP contribution in [-0.2, 0) is 16.6 Å². The molecule has 0 bridgehead atoms. The Morgan fingerprint density at radius 1 is 1.11 bits per heavy atom. The van der Waals surface area contributed by atoms with Crippen LogP contribution in [0.3, 0.4) is 0 Å². The van der Waals surface area contributed by atoms with Gasteiger partial charge in [-0.15, -0.1) is 0 Å². The average Bonchev–Trinajstić information content (AvgIpc) is 2.61. The topological polar surface area (TPSA) is 113 Å². The molecule has 0 spiro atoms. The highest BCUT2D eigenvalue weighted by Crippen LogP contribution is 2.23. The van der Waals surface area contributed by atoms with Crippen LogP contribution in [0, 0.1) is 0 Å². The molecule has 0 aliphatic heterocycles. The Hall–Kier alpha value is -1.84. The lowest BCUT2D eigenvalue weighted by molar-refractivity contribution is 0.199. The zero-order valence-electron chi connectivity index (χ0n) is 14.2. The van der Waals surface area contributed by atoms with Crippen molar-refractivity contribution in [3.63, 3.8) is 0 Å². The summed E-state index contributed by atoms with van der Waals surface area (Å²) in [6, 6.07) is 10.2. The van der Waals surface area contributed by atoms with Crippen LogP contribution in [0.25, 0.3) is 0 Å². The molecule has 0 heterocycles. The predicted molar refractivity (Wildman–Crippen MR) is 105 cm³/mol. The first-order valence-corrected chi connectivity index (χ1v) is 10.2. The first-order chi connectivity index (χ1) is 12.7. The molecule has 7 nitrogen and oxygen atoms in total. The number of rotatable bonds is 7. The molecule has 2 rings (SSSR count). The van der Waals surface area contributed by atoms with Gasteiger partial charge in [-0.2, -0.15) is 0 Å². The number of hydrogen-bond donors (Lipinski definition) is 3. The van der Waals surface area contributed by atoms with E-state index < -0.39 is 16.1 Å². The van der Waals surface area contributed by atoms with E-state index in [2.05, 4.69) is 5.32 Å². The van der Waals surface area contributed by atoms with E-state index in [0.717, 1.165) is 5.56 Å². The zero-order chi connectivity index (χ0) is 20.0. The van der Waals surface area contributed by atoms with Gasteiger partial charge in [-0.3, -0.25) is 0 Å². The number of aliphatic hydroxyl groups is 1. The van der Waals surface area contributed by atoms with Gasteiger partial charge in [-0.25, -0.2) is 18.4 Å². The molecule has 146 valence electrons. The van der Waals surface area contributed by atoms with E-state index in [4.69, 9.17) is 33.4 Å². The van der Waals surface area contributed by atoms with Crippen LogP contribution in [0.4, 0.5) is 10.5 Å². The number of nitrogens with one attached hydrogen (secondary N) is 1. The summed E-state index contributed by atoms with van der Waals surface area (Å²) >= 11 is 11.9. The maximum absolute atomic E-state index is 12.6. The summed E-state index contributed by atoms with van der Waals surface area (Å²) in [6.07, 6.45) is 0.402. The summed E-state index contributed by atoms with van der Waals surface area (Å²) in [5, 5.41) is 17.6. The van der Waals surface area contributed by atoms with Crippen molar-refractivity contribution in [2.45, 2.75) is 17.9 Å². The predicted octanol–water partition coefficient (Wildman–Crippen LogP) is 3.06. The van der Waals surface area contributed by atoms with Crippen LogP contribution in [-0.4, -0.2) is 37.6 Å². The van der Waals surface area contributed by atoms with Crippen LogP contribution < -0.4 is 10.5 Å². The van der Waals surface area contributed by atoms with Crippen molar-refractivity contribution >= 4 is 44.9 Å². The smallest absolute Gasteiger partial charge is 0.322 e. The highest BCUT2D eigenvalue weighted by molar-refractivity contribution is 7.89. The minimum atomic E-state index is -3.80. The van der Waals surface area contributed by atoms with Gasteiger partial charge in [0.15, 0.2) is 0 Å². The normalized spacial score (nSPS) is 11.3. The molecule has 10 heteroatoms. The first-order valence-electron chi connectivity index (χ1n) is 7.94. The fourth-order valence-corrected chi connectivity index (χ4v) is 3.14. The lowest BCUT2D eigenvalue weighted by atomic mass is 10.2. The quantitative estimate of drug-likeness (QED) is 0.624. The minimum absolute atomic E-state index is 0.0477. The van der Waals surface area contributed by atoms with Crippen LogP contribution in [0.2, 0.25) is 10.0 Å². The van der Waals surface area contributed by atoms with Gasteiger partial charge < -0.3 is 15.3 Å². The molecular weight excluding hydrogens is 413 g/mol. The Labute approximate surface area is 167 Å². The number of amides is 2. The molecular formula is C17H19Cl2N3O4S. The lowest BCUT2D eigenvalue weighted by Gasteiger charge is -2.23. The van der Waals surface area contributed by atoms with Crippen molar-refractivity contribution in [2.24, 2.45) is 5.14 Å². The van der Waals surface area contributed by atoms with Crippen molar-refractivity contribution in [2.75, 3.05) is 18.5 Å². The number of urea groups is 1. The number of carbonyl (C=O) groups excluding carboxylic acids is 1. The Kier molecular flexibility index (Phi) is 7.46. The molecule has 4 N–H and O–H groups in total. The Balaban J connectivity index is 2.12. The number of sulfonamides is 1. The summed E-state index contributed by atoms with van der Waals surface area (Å²) in [7, 11) is -3.80. The molecule has 2 amide bonds. The summed E-state index contributed by atoms with van der Waals surface area (Å²) in [5.41, 5.74) is 1.19. The van der Waals surface area contributed by atoms with Gasteiger partial charge >= 0.3 is 6.03 Å². The number of nitrogens with zero attached hydrogens (tertiary/aromatic N) is 1. The Bertz CT molecular complexity index is 905. The largest absolute Gasteiger partial charge is 0.396 e. The number of nitrogens with two attached hydrogens (primary N) is 1. The molecule has 0 aliphatic carbocycles. The van der Waals surface area contributed by atoms with E-state index in [-0.39, 0.29) is 18.0 Å². The average molecular weight is 432 g/mol. The molecule has 0 aromatic heterocycles. The van der Waals surface area contributed by atoms with E-state index in [1.165, 1.54) is 29.2 Å². The summed E-state index contributed by atoms with van der Waals surface area (Å²) < 4.78 is 22.6. The number of aliphatic hydroxyl groups excluding tert-OH is 1. The molecule has 2 aromatic carbocycles. The first kappa shape index (κ1) is 21.5. The van der Waals surface area contributed by atoms with Crippen molar-refractivity contribution in [1.29, 1.82) is 0 Å². The van der Waals surface area contributed by atoms with Crippen LogP contribution in [0.1, 0.15) is 12.0 Å². The van der Waals surface area contributed by atoms with Gasteiger partial charge in [0, 0.05) is 25.4 Å². The van der Waals surface area contributed by atoms with Crippen LogP contribution >= 0.6 is 23.2 Å². The number of hydrogen-bond acceptors (Lipinski definition) is 4. The molecule has 27 heavy (non-hydrogen) atoms. The molecule has 0 saturated carbocycles. The van der Waals surface area contributed by atoms with Crippen LogP contribution in [0.5, 0.6) is 0 Å². The number of carbonyl (C=O) groups is 1. The van der Waals surface area contributed by atoms with Gasteiger partial charge in [0.25, 0.3) is 0 Å². The fraction of sp³-hybridized carbons (Fsp3) is 0.235. The Morgan fingerprint density at radius 2 is 1.78 bits per heavy atom. The molecule has 2 aromatic rings. The monoisotopic (exact) mass is 431 g/mol. The van der Waals surface area contributed by atoms with Crippen molar-refractivity contribution in [3.8, 4) is 0 Å². The van der Waals surface area contributed by atoms with Crippen LogP contribution in [0.15, 0.2) is 47.4 Å². The Morgan fingerprint density at radius 3 is 2.33 bits per heavy atom. The number of primary sulfonamides is 1. The van der Waals surface area contributed by atoms with E-state index in [1.807, 2.05) is 0 Å². The third-order valence-electron chi connectivity index (χ3n) is 3.66. The SMILES string of the molecule is NS(=O)(=O)c1ccc(NC(=O)N(CCCO)Cc2ccc(Cl)c(Cl)c2)cc1. The van der Waals surface area contributed by atoms with Crippen molar-refractivity contribution in [1.82, 2.24) is 4.90 Å². The van der Waals surface area contributed by atoms with Gasteiger partial charge in [-0.1, -0.05) is 29.3 Å². The van der Waals surface area contributed by atoms with Gasteiger partial charge in [0.05, 0.1) is 14.9 Å². The second-order valence-electron chi connectivity index (χ2n) is 5.75. The molecule has 0 atom stereocenters. The van der Waals surface area contributed by atoms with Gasteiger partial charge in [-0.05, 0) is 48.4 Å². The third-order valence-corrected chi connectivity index (χ3v) is 5.33. The molecule has 0 fully saturated rings. The summed E-state index contributed by atoms with van der Waals surface area (Å²) in [6.45, 7) is 0.518. The maximum atomic E-state index is 12.6. The number of anilines is 1. The molecule has 0 aliphatic rings. The second kappa shape index (κ2) is 9.38. The highest BCUT2D eigenvalue weighted by atomic mass is 35.5. The minimum Gasteiger partial charge on any atom is -0.396 e. The second-order valence-corrected chi connectivity index (χ2v) is 8.12. The molecule has 0 saturated heterocycles. The van der Waals surface area contributed by atoms with E-state index >= 15 is 0 Å².